The smallest absolute Gasteiger partial charge is 0.329 e. The van der Waals surface area contributed by atoms with Gasteiger partial charge in [-0.05, 0) is 155 Å². The molecule has 3 aromatic heterocycles. The van der Waals surface area contributed by atoms with Crippen LogP contribution in [0.5, 0.6) is 0 Å². The lowest BCUT2D eigenvalue weighted by atomic mass is 9.78. The van der Waals surface area contributed by atoms with E-state index in [4.69, 9.17) is 81.6 Å². The van der Waals surface area contributed by atoms with E-state index in [1.807, 2.05) is 92.8 Å². The third kappa shape index (κ3) is 29.7. The van der Waals surface area contributed by atoms with E-state index in [2.05, 4.69) is 33.2 Å². The Labute approximate surface area is 746 Å². The number of cyclic esters (lactones) is 1. The number of nitrogens with two attached hydrogens (primary N) is 1. The number of benzene rings is 2. The van der Waals surface area contributed by atoms with Crippen LogP contribution in [0.15, 0.2) is 94.7 Å². The average molecular weight is 1780 g/mol. The number of piperidine rings is 1. The SMILES string of the molecule is CO[C@H]1C[C@@H]2CC[C@@H](C)[C@@](O)(O2)C(=O)C(=O)N2CCCC[C@H]2C(=O)O[C@H]([C@H](C)C[C@@H]2CC[C@@H](OC(=O)CCCOCCOCCOCCOCCOCCOCCOCCOCCC(=O)N3CCc4cc(Cn5nc(-c6ccc7oc(C)nc7c6)c6c(N)ncnc65)ccc4C3)[C@H](OC)C2)C[C@@H](O)[C@H](C)/C=C(\C)[C@@H](O)[C@@H](OC)C(=O)[C@H](C)C[C@H](C)/C=C/C=C/C=C/1C. The number of ketones is 2. The number of methoxy groups -OCH3 is 3. The van der Waals surface area contributed by atoms with Crippen LogP contribution in [-0.2, 0) is 115 Å². The molecule has 1 aliphatic carbocycles. The highest BCUT2D eigenvalue weighted by atomic mass is 16.6. The number of aliphatic hydroxyl groups is 3. The Hall–Kier alpha value is -8.16. The Morgan fingerprint density at radius 1 is 0.685 bits per heavy atom. The minimum atomic E-state index is -2.47. The van der Waals surface area contributed by atoms with E-state index in [-0.39, 0.29) is 67.6 Å². The summed E-state index contributed by atoms with van der Waals surface area (Å²) in [6.45, 7) is 22.5. The summed E-state index contributed by atoms with van der Waals surface area (Å²) in [6, 6.07) is 10.9. The van der Waals surface area contributed by atoms with Crippen LogP contribution in [0.2, 0.25) is 0 Å². The predicted molar refractivity (Wildman–Crippen MR) is 473 cm³/mol. The Kier molecular flexibility index (Phi) is 40.9. The summed E-state index contributed by atoms with van der Waals surface area (Å²) in [4.78, 5) is 101. The second kappa shape index (κ2) is 51.4. The largest absolute Gasteiger partial charge is 0.460 e. The maximum atomic E-state index is 14.8. The first-order valence-electron chi connectivity index (χ1n) is 45.5. The predicted octanol–water partition coefficient (Wildman–Crippen LogP) is 10.3. The second-order valence-electron chi connectivity index (χ2n) is 34.6. The highest BCUT2D eigenvalue weighted by Gasteiger charge is 2.53. The number of carbonyl (C=O) groups is 6. The van der Waals surface area contributed by atoms with Crippen LogP contribution in [0.4, 0.5) is 5.82 Å². The van der Waals surface area contributed by atoms with E-state index >= 15 is 0 Å². The molecular formula is C95H138N8O24. The number of hydrogen-bond acceptors (Lipinski definition) is 29. The van der Waals surface area contributed by atoms with E-state index < -0.39 is 96.1 Å². The molecule has 5 N–H and O–H groups in total. The van der Waals surface area contributed by atoms with Crippen LogP contribution in [0, 0.1) is 42.4 Å². The van der Waals surface area contributed by atoms with Gasteiger partial charge in [0.25, 0.3) is 11.7 Å². The maximum Gasteiger partial charge on any atom is 0.329 e. The number of oxazole rings is 1. The number of aromatic nitrogens is 5. The number of rotatable bonds is 38. The number of hydrogen-bond donors (Lipinski definition) is 4. The normalized spacial score (nSPS) is 27.6. The van der Waals surface area contributed by atoms with Gasteiger partial charge in [0.05, 0.1) is 142 Å². The lowest BCUT2D eigenvalue weighted by molar-refractivity contribution is -0.265. The number of carbonyl (C=O) groups excluding carboxylic acids is 6. The Morgan fingerprint density at radius 3 is 2.03 bits per heavy atom. The summed E-state index contributed by atoms with van der Waals surface area (Å²) in [7, 11) is 4.55. The molecule has 127 heavy (non-hydrogen) atoms. The summed E-state index contributed by atoms with van der Waals surface area (Å²) in [5, 5.41) is 41.6. The standard InChI is InChI=1S/C95H138N8O24/c1-61-18-13-12-14-19-62(2)80(113-9)56-74-27-22-67(7)95(112,127-74)90(109)93(110)102-32-16-15-20-76(102)94(111)126-81(57-77(104)63(3)51-66(6)88(108)89(115-11)87(107)65(5)50-61)64(4)52-69-24-28-79(82(54-69)114-10)125-84(106)21-17-34-116-36-38-118-40-42-120-44-46-122-48-49-123-47-45-121-43-41-119-39-37-117-35-31-83(105)101-33-30-71-53-70(23-25-73(71)59-101)58-103-92-85(91(96)97-60-98-92)86(100-103)72-26-29-78-75(55-72)99-68(8)124-78/h12-14,18-19,23,25-26,29,51,53,55,60-61,63-65,67,69,74,76-77,79-82,88-89,104,108,112H,15-17,20-22,24,27-28,30-50,52,54,56-59H2,1-11H3,(H2,96,97,98)/b14-12+,18-13+,62-19+,66-51+/t61-,63-,64-,65-,67-,69+,74+,76+,77-,79-,80+,81+,82-,88-,89+,95-/m1/s1. The van der Waals surface area contributed by atoms with Gasteiger partial charge in [0, 0.05) is 97.1 Å². The topological polar surface area (TPSA) is 394 Å². The molecule has 702 valence electrons. The summed E-state index contributed by atoms with van der Waals surface area (Å²) in [5.41, 5.74) is 14.6. The van der Waals surface area contributed by atoms with Gasteiger partial charge < -0.3 is 102 Å². The number of ether oxygens (including phenoxy) is 14. The number of fused-ring (bicyclic) bond motifs is 6. The molecule has 0 spiro atoms. The second-order valence-corrected chi connectivity index (χ2v) is 34.6. The molecule has 32 nitrogen and oxygen atoms in total. The van der Waals surface area contributed by atoms with Crippen LogP contribution in [0.3, 0.4) is 0 Å². The first-order chi connectivity index (χ1) is 61.3. The van der Waals surface area contributed by atoms with Gasteiger partial charge in [-0.2, -0.15) is 5.10 Å². The fourth-order valence-corrected chi connectivity index (χ4v) is 17.5. The third-order valence-corrected chi connectivity index (χ3v) is 24.9. The molecule has 2 amide bonds. The van der Waals surface area contributed by atoms with Crippen molar-refractivity contribution in [3.8, 4) is 11.3 Å². The molecular weight excluding hydrogens is 1640 g/mol. The van der Waals surface area contributed by atoms with Gasteiger partial charge >= 0.3 is 11.9 Å². The van der Waals surface area contributed by atoms with Crippen molar-refractivity contribution >= 4 is 63.3 Å². The van der Waals surface area contributed by atoms with Crippen molar-refractivity contribution in [3.63, 3.8) is 0 Å². The molecule has 0 unspecified atom stereocenters. The van der Waals surface area contributed by atoms with Crippen LogP contribution >= 0.6 is 0 Å². The average Bonchev–Trinajstić information content (AvgIpc) is 1.71. The number of nitrogens with zero attached hydrogens (tertiary/aromatic N) is 7. The molecule has 1 saturated carbocycles. The van der Waals surface area contributed by atoms with Crippen molar-refractivity contribution in [2.75, 3.05) is 146 Å². The van der Waals surface area contributed by atoms with Crippen molar-refractivity contribution < 1.29 is 115 Å². The quantitative estimate of drug-likeness (QED) is 0.0123. The van der Waals surface area contributed by atoms with Gasteiger partial charge in [-0.1, -0.05) is 89.3 Å². The van der Waals surface area contributed by atoms with Crippen molar-refractivity contribution in [2.45, 2.75) is 232 Å². The molecule has 5 aromatic rings. The van der Waals surface area contributed by atoms with Crippen molar-refractivity contribution in [1.29, 1.82) is 0 Å². The molecule has 2 bridgehead atoms. The lowest BCUT2D eigenvalue weighted by Gasteiger charge is -2.43. The number of aliphatic hydroxyl groups excluding tert-OH is 2. The van der Waals surface area contributed by atoms with Gasteiger partial charge in [-0.3, -0.25) is 24.0 Å². The molecule has 3 fully saturated rings. The number of Topliss-reactive ketones (excluding diaryl/α,β-unsaturated/α-hetero) is 2. The van der Waals surface area contributed by atoms with Gasteiger partial charge in [-0.25, -0.2) is 24.4 Å². The van der Waals surface area contributed by atoms with Crippen molar-refractivity contribution in [3.05, 3.63) is 113 Å². The van der Waals surface area contributed by atoms with Gasteiger partial charge in [0.1, 0.15) is 53.8 Å². The first kappa shape index (κ1) is 101. The zero-order chi connectivity index (χ0) is 90.9. The molecule has 2 aromatic carbocycles. The fourth-order valence-electron chi connectivity index (χ4n) is 17.5. The van der Waals surface area contributed by atoms with Crippen molar-refractivity contribution in [1.82, 2.24) is 34.5 Å². The zero-order valence-electron chi connectivity index (χ0n) is 76.2. The molecule has 32 heteroatoms. The monoisotopic (exact) mass is 1770 g/mol. The number of aryl methyl sites for hydroxylation is 1. The van der Waals surface area contributed by atoms with Crippen LogP contribution in [0.25, 0.3) is 33.4 Å². The Bertz CT molecular complexity index is 4450. The fraction of sp³-hybridized carbons (Fsp3) is 0.663. The number of nitrogen functional groups attached to an aromatic ring is 1. The first-order valence-corrected chi connectivity index (χ1v) is 45.5. The zero-order valence-corrected chi connectivity index (χ0v) is 76.2. The highest BCUT2D eigenvalue weighted by Crippen LogP contribution is 2.40. The Balaban J connectivity index is 0.552. The van der Waals surface area contributed by atoms with E-state index in [1.165, 1.54) is 23.9 Å². The molecule has 2 saturated heterocycles. The van der Waals surface area contributed by atoms with E-state index in [1.54, 1.807) is 41.1 Å². The molecule has 5 aliphatic rings. The molecule has 16 atom stereocenters. The molecule has 10 rings (SSSR count). The third-order valence-electron chi connectivity index (χ3n) is 24.9. The van der Waals surface area contributed by atoms with E-state index in [0.29, 0.717) is 236 Å². The minimum absolute atomic E-state index is 0.00491. The molecule has 7 heterocycles. The molecule has 0 radical (unpaired) electrons. The van der Waals surface area contributed by atoms with Crippen molar-refractivity contribution in [2.24, 2.45) is 35.5 Å². The van der Waals surface area contributed by atoms with Crippen LogP contribution in [-0.4, -0.2) is 286 Å². The Morgan fingerprint density at radius 2 is 1.36 bits per heavy atom. The van der Waals surface area contributed by atoms with Crippen LogP contribution < -0.4 is 5.73 Å². The number of amides is 2. The number of esters is 2. The minimum Gasteiger partial charge on any atom is -0.460 e. The summed E-state index contributed by atoms with van der Waals surface area (Å²) < 4.78 is 89.0. The van der Waals surface area contributed by atoms with E-state index in [9.17, 15) is 44.1 Å². The lowest BCUT2D eigenvalue weighted by Crippen LogP contribution is -2.61. The highest BCUT2D eigenvalue weighted by molar-refractivity contribution is 6.39. The van der Waals surface area contributed by atoms with Gasteiger partial charge in [0.2, 0.25) is 11.7 Å². The molecule has 4 aliphatic heterocycles. The van der Waals surface area contributed by atoms with Crippen LogP contribution in [0.1, 0.15) is 167 Å². The summed E-state index contributed by atoms with van der Waals surface area (Å²) in [5.74, 6) is -7.23. The summed E-state index contributed by atoms with van der Waals surface area (Å²) in [6.07, 6.45) is 12.9. The van der Waals surface area contributed by atoms with Gasteiger partial charge in [-0.15, -0.1) is 0 Å². The van der Waals surface area contributed by atoms with E-state index in [0.717, 1.165) is 34.2 Å². The number of anilines is 1. The number of allylic oxidation sites excluding steroid dienone is 5. The van der Waals surface area contributed by atoms with Gasteiger partial charge in [0.15, 0.2) is 22.9 Å². The summed E-state index contributed by atoms with van der Waals surface area (Å²) >= 11 is 0. The maximum absolute atomic E-state index is 14.8.